The van der Waals surface area contributed by atoms with E-state index in [1.165, 1.54) is 0 Å². The van der Waals surface area contributed by atoms with Gasteiger partial charge in [0.25, 0.3) is 0 Å². The lowest BCUT2D eigenvalue weighted by Gasteiger charge is -2.25. The fraction of sp³-hybridized carbons (Fsp3) is 0.417. The zero-order valence-corrected chi connectivity index (χ0v) is 10.7. The van der Waals surface area contributed by atoms with Crippen LogP contribution in [0.25, 0.3) is 5.69 Å². The molecule has 0 amide bonds. The first-order valence-corrected chi connectivity index (χ1v) is 5.98. The molecule has 0 fully saturated rings. The summed E-state index contributed by atoms with van der Waals surface area (Å²) < 4.78 is 1.61. The van der Waals surface area contributed by atoms with E-state index >= 15 is 0 Å². The zero-order chi connectivity index (χ0) is 13.7. The molecule has 0 saturated heterocycles. The predicted molar refractivity (Wildman–Crippen MR) is 68.6 cm³/mol. The van der Waals surface area contributed by atoms with Crippen molar-refractivity contribution in [3.8, 4) is 5.69 Å². The molecule has 0 aliphatic heterocycles. The monoisotopic (exact) mass is 263 g/mol. The van der Waals surface area contributed by atoms with Crippen LogP contribution in [0.3, 0.4) is 0 Å². The summed E-state index contributed by atoms with van der Waals surface area (Å²) in [5, 5.41) is 33.0. The largest absolute Gasteiger partial charge is 0.394 e. The van der Waals surface area contributed by atoms with Crippen LogP contribution >= 0.6 is 0 Å². The SMILES string of the molecule is CC(CO)(CO)NCc1nnnn1-c1ccccc1. The Bertz CT molecular complexity index is 510. The van der Waals surface area contributed by atoms with Crippen LogP contribution in [-0.2, 0) is 6.54 Å². The summed E-state index contributed by atoms with van der Waals surface area (Å²) in [6, 6.07) is 9.52. The van der Waals surface area contributed by atoms with Crippen LogP contribution < -0.4 is 5.32 Å². The number of aliphatic hydroxyl groups excluding tert-OH is 2. The van der Waals surface area contributed by atoms with Gasteiger partial charge in [0.05, 0.1) is 31.0 Å². The van der Waals surface area contributed by atoms with Gasteiger partial charge in [-0.15, -0.1) is 5.10 Å². The topological polar surface area (TPSA) is 96.1 Å². The summed E-state index contributed by atoms with van der Waals surface area (Å²) in [6.45, 7) is 1.73. The Morgan fingerprint density at radius 1 is 1.21 bits per heavy atom. The summed E-state index contributed by atoms with van der Waals surface area (Å²) in [7, 11) is 0. The van der Waals surface area contributed by atoms with Crippen molar-refractivity contribution in [2.75, 3.05) is 13.2 Å². The maximum absolute atomic E-state index is 9.22. The molecule has 0 radical (unpaired) electrons. The highest BCUT2D eigenvalue weighted by Crippen LogP contribution is 2.08. The van der Waals surface area contributed by atoms with E-state index in [1.54, 1.807) is 11.6 Å². The second-order valence-corrected chi connectivity index (χ2v) is 4.57. The molecule has 1 aromatic heterocycles. The van der Waals surface area contributed by atoms with Gasteiger partial charge >= 0.3 is 0 Å². The molecule has 102 valence electrons. The molecule has 7 heteroatoms. The molecular formula is C12H17N5O2. The molecular weight excluding hydrogens is 246 g/mol. The zero-order valence-electron chi connectivity index (χ0n) is 10.7. The van der Waals surface area contributed by atoms with Gasteiger partial charge in [0.1, 0.15) is 0 Å². The van der Waals surface area contributed by atoms with E-state index in [0.29, 0.717) is 12.4 Å². The molecule has 0 aliphatic carbocycles. The fourth-order valence-corrected chi connectivity index (χ4v) is 1.54. The normalized spacial score (nSPS) is 11.7. The summed E-state index contributed by atoms with van der Waals surface area (Å²) >= 11 is 0. The van der Waals surface area contributed by atoms with Crippen LogP contribution in [0.4, 0.5) is 0 Å². The molecule has 0 atom stereocenters. The molecule has 0 aliphatic rings. The van der Waals surface area contributed by atoms with Crippen LogP contribution in [0.5, 0.6) is 0 Å². The number of tetrazole rings is 1. The fourth-order valence-electron chi connectivity index (χ4n) is 1.54. The van der Waals surface area contributed by atoms with Crippen molar-refractivity contribution in [2.45, 2.75) is 19.0 Å². The number of nitrogens with one attached hydrogen (secondary N) is 1. The van der Waals surface area contributed by atoms with E-state index in [1.807, 2.05) is 30.3 Å². The van der Waals surface area contributed by atoms with E-state index in [-0.39, 0.29) is 13.2 Å². The summed E-state index contributed by atoms with van der Waals surface area (Å²) in [5.74, 6) is 0.610. The number of hydrogen-bond donors (Lipinski definition) is 3. The summed E-state index contributed by atoms with van der Waals surface area (Å²) in [5.41, 5.74) is 0.104. The number of benzene rings is 1. The number of nitrogens with zero attached hydrogens (tertiary/aromatic N) is 4. The molecule has 0 unspecified atom stereocenters. The number of rotatable bonds is 6. The standard InChI is InChI=1S/C12H17N5O2/c1-12(8-18,9-19)13-7-11-14-15-16-17(11)10-5-3-2-4-6-10/h2-6,13,18-19H,7-9H2,1H3. The quantitative estimate of drug-likeness (QED) is 0.650. The molecule has 1 aromatic carbocycles. The smallest absolute Gasteiger partial charge is 0.170 e. The van der Waals surface area contributed by atoms with Crippen molar-refractivity contribution in [1.29, 1.82) is 0 Å². The van der Waals surface area contributed by atoms with Crippen LogP contribution in [0, 0.1) is 0 Å². The molecule has 0 saturated carbocycles. The maximum atomic E-state index is 9.22. The average Bonchev–Trinajstić information content (AvgIpc) is 2.94. The van der Waals surface area contributed by atoms with Crippen molar-refractivity contribution < 1.29 is 10.2 Å². The van der Waals surface area contributed by atoms with Gasteiger partial charge < -0.3 is 15.5 Å². The minimum Gasteiger partial charge on any atom is -0.394 e. The van der Waals surface area contributed by atoms with Crippen molar-refractivity contribution in [2.24, 2.45) is 0 Å². The second-order valence-electron chi connectivity index (χ2n) is 4.57. The maximum Gasteiger partial charge on any atom is 0.170 e. The average molecular weight is 263 g/mol. The molecule has 2 rings (SSSR count). The van der Waals surface area contributed by atoms with Gasteiger partial charge in [0, 0.05) is 0 Å². The summed E-state index contributed by atoms with van der Waals surface area (Å²) in [4.78, 5) is 0. The summed E-state index contributed by atoms with van der Waals surface area (Å²) in [6.07, 6.45) is 0. The van der Waals surface area contributed by atoms with Gasteiger partial charge in [-0.05, 0) is 29.5 Å². The van der Waals surface area contributed by atoms with Gasteiger partial charge in [-0.1, -0.05) is 18.2 Å². The molecule has 2 aromatic rings. The molecule has 19 heavy (non-hydrogen) atoms. The first-order chi connectivity index (χ1) is 9.18. The lowest BCUT2D eigenvalue weighted by Crippen LogP contribution is -2.48. The number of aromatic nitrogens is 4. The Balaban J connectivity index is 2.13. The highest BCUT2D eigenvalue weighted by molar-refractivity contribution is 5.30. The first-order valence-electron chi connectivity index (χ1n) is 5.98. The Morgan fingerprint density at radius 3 is 2.53 bits per heavy atom. The van der Waals surface area contributed by atoms with Crippen molar-refractivity contribution in [1.82, 2.24) is 25.5 Å². The third-order valence-corrected chi connectivity index (χ3v) is 2.91. The lowest BCUT2D eigenvalue weighted by molar-refractivity contribution is 0.102. The minimum atomic E-state index is -0.756. The third kappa shape index (κ3) is 3.14. The van der Waals surface area contributed by atoms with E-state index in [4.69, 9.17) is 0 Å². The van der Waals surface area contributed by atoms with Crippen molar-refractivity contribution in [3.05, 3.63) is 36.2 Å². The van der Waals surface area contributed by atoms with Gasteiger partial charge in [0.2, 0.25) is 0 Å². The van der Waals surface area contributed by atoms with Crippen molar-refractivity contribution in [3.63, 3.8) is 0 Å². The third-order valence-electron chi connectivity index (χ3n) is 2.91. The lowest BCUT2D eigenvalue weighted by atomic mass is 10.1. The van der Waals surface area contributed by atoms with E-state index in [0.717, 1.165) is 5.69 Å². The molecule has 0 bridgehead atoms. The van der Waals surface area contributed by atoms with Gasteiger partial charge in [-0.2, -0.15) is 4.68 Å². The van der Waals surface area contributed by atoms with Crippen LogP contribution in [0.2, 0.25) is 0 Å². The Labute approximate surface area is 110 Å². The van der Waals surface area contributed by atoms with Crippen LogP contribution in [0.15, 0.2) is 30.3 Å². The number of para-hydroxylation sites is 1. The molecule has 3 N–H and O–H groups in total. The highest BCUT2D eigenvalue weighted by Gasteiger charge is 2.22. The van der Waals surface area contributed by atoms with Crippen LogP contribution in [0.1, 0.15) is 12.7 Å². The van der Waals surface area contributed by atoms with Gasteiger partial charge in [-0.25, -0.2) is 0 Å². The Morgan fingerprint density at radius 2 is 1.89 bits per heavy atom. The Hall–Kier alpha value is -1.83. The number of hydrogen-bond acceptors (Lipinski definition) is 6. The predicted octanol–water partition coefficient (Wildman–Crippen LogP) is -0.505. The van der Waals surface area contributed by atoms with E-state index < -0.39 is 5.54 Å². The molecule has 1 heterocycles. The molecule has 0 spiro atoms. The second kappa shape index (κ2) is 5.87. The van der Waals surface area contributed by atoms with Crippen LogP contribution in [-0.4, -0.2) is 49.2 Å². The van der Waals surface area contributed by atoms with Gasteiger partial charge in [-0.3, -0.25) is 0 Å². The van der Waals surface area contributed by atoms with Crippen molar-refractivity contribution >= 4 is 0 Å². The Kier molecular flexibility index (Phi) is 4.20. The first kappa shape index (κ1) is 13.6. The van der Waals surface area contributed by atoms with Gasteiger partial charge in [0.15, 0.2) is 5.82 Å². The highest BCUT2D eigenvalue weighted by atomic mass is 16.3. The number of aliphatic hydroxyl groups is 2. The minimum absolute atomic E-state index is 0.170. The van der Waals surface area contributed by atoms with E-state index in [2.05, 4.69) is 20.8 Å². The van der Waals surface area contributed by atoms with E-state index in [9.17, 15) is 10.2 Å². The molecule has 7 nitrogen and oxygen atoms in total.